The van der Waals surface area contributed by atoms with Crippen LogP contribution in [0, 0.1) is 0 Å². The van der Waals surface area contributed by atoms with Crippen LogP contribution in [0.3, 0.4) is 0 Å². The molecular weight excluding hydrogens is 759 g/mol. The van der Waals surface area contributed by atoms with Gasteiger partial charge >= 0.3 is 0 Å². The van der Waals surface area contributed by atoms with E-state index in [0.29, 0.717) is 0 Å². The first-order valence-corrected chi connectivity index (χ1v) is 22.2. The number of H-pyrrole nitrogens is 1. The molecule has 0 unspecified atom stereocenters. The van der Waals surface area contributed by atoms with Gasteiger partial charge in [-0.25, -0.2) is 0 Å². The molecule has 1 N–H and O–H groups in total. The predicted octanol–water partition coefficient (Wildman–Crippen LogP) is 15.3. The minimum atomic E-state index is -0.360. The third-order valence-corrected chi connectivity index (χ3v) is 15.3. The summed E-state index contributed by atoms with van der Waals surface area (Å²) >= 11 is 0. The molecule has 11 aromatic rings. The fourth-order valence-corrected chi connectivity index (χ4v) is 12.8. The molecule has 1 heteroatoms. The van der Waals surface area contributed by atoms with Gasteiger partial charge in [-0.15, -0.1) is 0 Å². The summed E-state index contributed by atoms with van der Waals surface area (Å²) in [7, 11) is 0. The molecule has 4 aliphatic carbocycles. The molecule has 0 saturated heterocycles. The standard InChI is InChI=1S/C62H37N/c1-7-19-51-41(13-1)42-14-2-8-20-52(42)61(51)55-23-11-5-17-45(55)47-29-25-37(33-57(47)61)39-27-31-49-50-32-28-40(36-60(50)63-59(49)35-39)38-26-30-48-46-18-6-12-24-56(46)62(58(48)34-38)53-21-9-3-15-43(53)44-16-4-10-22-54(44)62/h1-36,63H. The Bertz CT molecular complexity index is 3440. The summed E-state index contributed by atoms with van der Waals surface area (Å²) in [6.45, 7) is 0. The zero-order chi connectivity index (χ0) is 41.0. The van der Waals surface area contributed by atoms with Gasteiger partial charge in [0.2, 0.25) is 0 Å². The van der Waals surface area contributed by atoms with E-state index in [2.05, 4.69) is 223 Å². The van der Waals surface area contributed by atoms with Crippen molar-refractivity contribution in [1.29, 1.82) is 0 Å². The summed E-state index contributed by atoms with van der Waals surface area (Å²) in [5.41, 5.74) is 28.1. The Morgan fingerprint density at radius 1 is 0.222 bits per heavy atom. The van der Waals surface area contributed by atoms with Gasteiger partial charge in [-0.05, 0) is 136 Å². The third kappa shape index (κ3) is 4.04. The number of nitrogens with one attached hydrogen (secondary N) is 1. The number of aromatic amines is 1. The maximum absolute atomic E-state index is 3.88. The van der Waals surface area contributed by atoms with Gasteiger partial charge in [0.15, 0.2) is 0 Å². The van der Waals surface area contributed by atoms with Crippen molar-refractivity contribution in [3.05, 3.63) is 263 Å². The highest BCUT2D eigenvalue weighted by atomic mass is 14.7. The number of hydrogen-bond acceptors (Lipinski definition) is 0. The van der Waals surface area contributed by atoms with Crippen molar-refractivity contribution in [2.45, 2.75) is 10.8 Å². The molecule has 1 nitrogen and oxygen atoms in total. The molecule has 0 radical (unpaired) electrons. The van der Waals surface area contributed by atoms with E-state index in [1.54, 1.807) is 0 Å². The Hall–Kier alpha value is -8.00. The minimum Gasteiger partial charge on any atom is -0.354 e. The Balaban J connectivity index is 0.862. The van der Waals surface area contributed by atoms with E-state index in [4.69, 9.17) is 0 Å². The number of fused-ring (bicyclic) bond motifs is 23. The van der Waals surface area contributed by atoms with E-state index in [-0.39, 0.29) is 10.8 Å². The van der Waals surface area contributed by atoms with Crippen LogP contribution in [0.5, 0.6) is 0 Å². The molecule has 1 aromatic heterocycles. The summed E-state index contributed by atoms with van der Waals surface area (Å²) in [4.78, 5) is 3.88. The number of rotatable bonds is 2. The SMILES string of the molecule is c1ccc2c(c1)-c1ccccc1C21c2ccccc2-c2ccc(-c3ccc4c(c3)[nH]c3cc(-c5ccc6c(c5)C5(c7ccccc7-c7ccccc75)c5ccccc5-6)ccc34)cc21. The molecule has 0 amide bonds. The van der Waals surface area contributed by atoms with E-state index in [1.165, 1.54) is 122 Å². The summed E-state index contributed by atoms with van der Waals surface area (Å²) in [5.74, 6) is 0. The Kier molecular flexibility index (Phi) is 6.35. The van der Waals surface area contributed by atoms with Crippen LogP contribution in [0.4, 0.5) is 0 Å². The van der Waals surface area contributed by atoms with Crippen molar-refractivity contribution in [2.24, 2.45) is 0 Å². The van der Waals surface area contributed by atoms with Gasteiger partial charge in [0.25, 0.3) is 0 Å². The van der Waals surface area contributed by atoms with Gasteiger partial charge < -0.3 is 4.98 Å². The largest absolute Gasteiger partial charge is 0.354 e. The van der Waals surface area contributed by atoms with Crippen LogP contribution in [0.2, 0.25) is 0 Å². The van der Waals surface area contributed by atoms with Gasteiger partial charge in [0.05, 0.1) is 10.8 Å². The first-order valence-electron chi connectivity index (χ1n) is 22.2. The van der Waals surface area contributed by atoms with Gasteiger partial charge in [-0.3, -0.25) is 0 Å². The lowest BCUT2D eigenvalue weighted by atomic mass is 9.70. The van der Waals surface area contributed by atoms with Gasteiger partial charge in [-0.2, -0.15) is 0 Å². The molecular formula is C62H37N. The van der Waals surface area contributed by atoms with Crippen LogP contribution < -0.4 is 0 Å². The van der Waals surface area contributed by atoms with Gasteiger partial charge in [0.1, 0.15) is 0 Å². The van der Waals surface area contributed by atoms with E-state index in [9.17, 15) is 0 Å². The summed E-state index contributed by atoms with van der Waals surface area (Å²) in [6.07, 6.45) is 0. The van der Waals surface area contributed by atoms with Gasteiger partial charge in [0, 0.05) is 21.8 Å². The molecule has 290 valence electrons. The van der Waals surface area contributed by atoms with Crippen molar-refractivity contribution >= 4 is 21.8 Å². The van der Waals surface area contributed by atoms with Crippen molar-refractivity contribution in [3.8, 4) is 66.8 Å². The van der Waals surface area contributed by atoms with Crippen LogP contribution >= 0.6 is 0 Å². The zero-order valence-corrected chi connectivity index (χ0v) is 34.3. The first-order chi connectivity index (χ1) is 31.2. The molecule has 0 saturated carbocycles. The predicted molar refractivity (Wildman–Crippen MR) is 259 cm³/mol. The van der Waals surface area contributed by atoms with E-state index < -0.39 is 0 Å². The average Bonchev–Trinajstić information content (AvgIpc) is 4.12. The fourth-order valence-electron chi connectivity index (χ4n) is 12.8. The average molecular weight is 796 g/mol. The smallest absolute Gasteiger partial charge is 0.0725 e. The molecule has 0 bridgehead atoms. The second kappa shape index (κ2) is 11.9. The van der Waals surface area contributed by atoms with Crippen LogP contribution in [0.25, 0.3) is 88.6 Å². The lowest BCUT2D eigenvalue weighted by Gasteiger charge is -2.30. The van der Waals surface area contributed by atoms with E-state index in [1.807, 2.05) is 0 Å². The summed E-state index contributed by atoms with van der Waals surface area (Å²) < 4.78 is 0. The van der Waals surface area contributed by atoms with Crippen LogP contribution in [-0.4, -0.2) is 4.98 Å². The van der Waals surface area contributed by atoms with Crippen LogP contribution in [0.15, 0.2) is 218 Å². The highest BCUT2D eigenvalue weighted by Gasteiger charge is 2.53. The van der Waals surface area contributed by atoms with Crippen molar-refractivity contribution < 1.29 is 0 Å². The normalized spacial score (nSPS) is 14.6. The Morgan fingerprint density at radius 3 is 0.794 bits per heavy atom. The molecule has 10 aromatic carbocycles. The molecule has 15 rings (SSSR count). The minimum absolute atomic E-state index is 0.360. The zero-order valence-electron chi connectivity index (χ0n) is 34.3. The lowest BCUT2D eigenvalue weighted by Crippen LogP contribution is -2.25. The van der Waals surface area contributed by atoms with Crippen LogP contribution in [-0.2, 0) is 10.8 Å². The number of hydrogen-bond donors (Lipinski definition) is 1. The molecule has 0 fully saturated rings. The molecule has 63 heavy (non-hydrogen) atoms. The first kappa shape index (κ1) is 33.7. The quantitative estimate of drug-likeness (QED) is 0.179. The summed E-state index contributed by atoms with van der Waals surface area (Å²) in [6, 6.07) is 82.6. The topological polar surface area (TPSA) is 15.8 Å². The Labute approximate surface area is 365 Å². The van der Waals surface area contributed by atoms with E-state index in [0.717, 1.165) is 11.0 Å². The fraction of sp³-hybridized carbons (Fsp3) is 0.0323. The summed E-state index contributed by atoms with van der Waals surface area (Å²) in [5, 5.41) is 2.48. The maximum atomic E-state index is 3.88. The molecule has 1 heterocycles. The highest BCUT2D eigenvalue weighted by Crippen LogP contribution is 2.64. The monoisotopic (exact) mass is 795 g/mol. The second-order valence-electron chi connectivity index (χ2n) is 17.9. The van der Waals surface area contributed by atoms with Crippen LogP contribution in [0.1, 0.15) is 44.5 Å². The molecule has 0 aliphatic heterocycles. The van der Waals surface area contributed by atoms with Gasteiger partial charge in [-0.1, -0.05) is 194 Å². The molecule has 2 spiro atoms. The Morgan fingerprint density at radius 2 is 0.476 bits per heavy atom. The van der Waals surface area contributed by atoms with Crippen molar-refractivity contribution in [2.75, 3.05) is 0 Å². The third-order valence-electron chi connectivity index (χ3n) is 15.3. The van der Waals surface area contributed by atoms with Crippen molar-refractivity contribution in [3.63, 3.8) is 0 Å². The second-order valence-corrected chi connectivity index (χ2v) is 17.9. The van der Waals surface area contributed by atoms with Crippen molar-refractivity contribution in [1.82, 2.24) is 4.98 Å². The lowest BCUT2D eigenvalue weighted by molar-refractivity contribution is 0.794. The number of benzene rings is 10. The highest BCUT2D eigenvalue weighted by molar-refractivity contribution is 6.09. The molecule has 4 aliphatic rings. The maximum Gasteiger partial charge on any atom is 0.0725 e. The number of aromatic nitrogens is 1. The molecule has 0 atom stereocenters. The van der Waals surface area contributed by atoms with E-state index >= 15 is 0 Å².